The second kappa shape index (κ2) is 8.29. The summed E-state index contributed by atoms with van der Waals surface area (Å²) in [6, 6.07) is 0. The smallest absolute Gasteiger partial charge is 0.208 e. The number of aliphatic imine (C=N–C) groups is 1. The fraction of sp³-hybridized carbons (Fsp3) is 0.917. The predicted octanol–water partition coefficient (Wildman–Crippen LogP) is -0.538. The molecule has 0 saturated carbocycles. The molecule has 0 aromatic carbocycles. The van der Waals surface area contributed by atoms with Crippen molar-refractivity contribution in [1.29, 1.82) is 0 Å². The van der Waals surface area contributed by atoms with Crippen molar-refractivity contribution < 1.29 is 5.11 Å². The highest BCUT2D eigenvalue weighted by atomic mass is 16.3. The molecule has 1 heterocycles. The summed E-state index contributed by atoms with van der Waals surface area (Å²) in [7, 11) is 0. The number of aliphatic hydroxyl groups is 1. The van der Waals surface area contributed by atoms with Gasteiger partial charge in [0, 0.05) is 32.7 Å². The number of hydrogen-bond acceptors (Lipinski definition) is 4. The van der Waals surface area contributed by atoms with Crippen LogP contribution in [0.5, 0.6) is 0 Å². The van der Waals surface area contributed by atoms with E-state index in [9.17, 15) is 0 Å². The number of aliphatic hydroxyl groups excluding tert-OH is 1. The summed E-state index contributed by atoms with van der Waals surface area (Å²) in [5.74, 6) is 6.88. The number of β-amino-alcohol motifs (C(OH)–C–C–N with tert-alkyl or cyclic N) is 1. The van der Waals surface area contributed by atoms with Crippen LogP contribution in [0.3, 0.4) is 0 Å². The van der Waals surface area contributed by atoms with Crippen molar-refractivity contribution in [2.75, 3.05) is 45.9 Å². The molecule has 0 aromatic rings. The SMILES string of the molecule is CC(C)CN=C(NN)N1CCCN(CCO)CC1. The minimum atomic E-state index is 0.226. The third-order valence-corrected chi connectivity index (χ3v) is 3.04. The van der Waals surface area contributed by atoms with E-state index < -0.39 is 0 Å². The van der Waals surface area contributed by atoms with E-state index >= 15 is 0 Å². The number of nitrogens with zero attached hydrogens (tertiary/aromatic N) is 3. The van der Waals surface area contributed by atoms with Gasteiger partial charge in [0.1, 0.15) is 0 Å². The molecule has 4 N–H and O–H groups in total. The van der Waals surface area contributed by atoms with Gasteiger partial charge in [-0.15, -0.1) is 0 Å². The first-order chi connectivity index (χ1) is 8.67. The van der Waals surface area contributed by atoms with Crippen LogP contribution in [0.1, 0.15) is 20.3 Å². The molecule has 106 valence electrons. The van der Waals surface area contributed by atoms with E-state index in [1.54, 1.807) is 0 Å². The minimum absolute atomic E-state index is 0.226. The zero-order chi connectivity index (χ0) is 13.4. The number of nitrogens with two attached hydrogens (primary N) is 1. The van der Waals surface area contributed by atoms with Crippen molar-refractivity contribution in [3.63, 3.8) is 0 Å². The number of guanidine groups is 1. The molecule has 1 aliphatic rings. The van der Waals surface area contributed by atoms with E-state index in [0.29, 0.717) is 5.92 Å². The molecule has 1 fully saturated rings. The van der Waals surface area contributed by atoms with E-state index in [1.165, 1.54) is 0 Å². The summed E-state index contributed by atoms with van der Waals surface area (Å²) in [5, 5.41) is 8.97. The van der Waals surface area contributed by atoms with Crippen LogP contribution < -0.4 is 11.3 Å². The van der Waals surface area contributed by atoms with E-state index in [0.717, 1.165) is 51.6 Å². The molecule has 0 bridgehead atoms. The second-order valence-corrected chi connectivity index (χ2v) is 5.11. The number of hydrogen-bond donors (Lipinski definition) is 3. The molecular formula is C12H27N5O. The lowest BCUT2D eigenvalue weighted by Crippen LogP contribution is -2.46. The van der Waals surface area contributed by atoms with Crippen LogP contribution >= 0.6 is 0 Å². The van der Waals surface area contributed by atoms with Gasteiger partial charge in [-0.3, -0.25) is 15.3 Å². The summed E-state index contributed by atoms with van der Waals surface area (Å²) >= 11 is 0. The normalized spacial score (nSPS) is 19.2. The van der Waals surface area contributed by atoms with Crippen LogP contribution in [0.4, 0.5) is 0 Å². The largest absolute Gasteiger partial charge is 0.395 e. The highest BCUT2D eigenvalue weighted by Crippen LogP contribution is 2.03. The van der Waals surface area contributed by atoms with E-state index in [4.69, 9.17) is 10.9 Å². The maximum Gasteiger partial charge on any atom is 0.208 e. The van der Waals surface area contributed by atoms with Crippen LogP contribution in [-0.2, 0) is 0 Å². The lowest BCUT2D eigenvalue weighted by Gasteiger charge is -2.24. The van der Waals surface area contributed by atoms with Crippen LogP contribution in [-0.4, -0.2) is 66.7 Å². The monoisotopic (exact) mass is 257 g/mol. The molecule has 18 heavy (non-hydrogen) atoms. The Morgan fingerprint density at radius 1 is 1.33 bits per heavy atom. The van der Waals surface area contributed by atoms with Crippen LogP contribution in [0.25, 0.3) is 0 Å². The van der Waals surface area contributed by atoms with Gasteiger partial charge >= 0.3 is 0 Å². The third kappa shape index (κ3) is 5.20. The number of nitrogens with one attached hydrogen (secondary N) is 1. The molecule has 0 radical (unpaired) electrons. The summed E-state index contributed by atoms with van der Waals surface area (Å²) in [5.41, 5.74) is 2.71. The molecule has 0 unspecified atom stereocenters. The number of rotatable bonds is 4. The lowest BCUT2D eigenvalue weighted by molar-refractivity contribution is 0.201. The maximum absolute atomic E-state index is 8.97. The van der Waals surface area contributed by atoms with Crippen molar-refractivity contribution in [3.8, 4) is 0 Å². The molecule has 0 atom stereocenters. The van der Waals surface area contributed by atoms with Gasteiger partial charge in [-0.1, -0.05) is 13.8 Å². The van der Waals surface area contributed by atoms with Crippen molar-refractivity contribution in [1.82, 2.24) is 15.2 Å². The van der Waals surface area contributed by atoms with E-state index in [2.05, 4.69) is 34.1 Å². The summed E-state index contributed by atoms with van der Waals surface area (Å²) in [4.78, 5) is 8.99. The van der Waals surface area contributed by atoms with Gasteiger partial charge in [0.15, 0.2) is 0 Å². The van der Waals surface area contributed by atoms with Gasteiger partial charge in [-0.25, -0.2) is 5.84 Å². The predicted molar refractivity (Wildman–Crippen MR) is 74.2 cm³/mol. The first kappa shape index (κ1) is 15.2. The molecule has 6 nitrogen and oxygen atoms in total. The van der Waals surface area contributed by atoms with Crippen molar-refractivity contribution in [2.24, 2.45) is 16.8 Å². The van der Waals surface area contributed by atoms with Crippen LogP contribution in [0.15, 0.2) is 4.99 Å². The van der Waals surface area contributed by atoms with Crippen molar-refractivity contribution >= 4 is 5.96 Å². The zero-order valence-electron chi connectivity index (χ0n) is 11.6. The Kier molecular flexibility index (Phi) is 7.00. The molecule has 1 saturated heterocycles. The molecule has 1 aliphatic heterocycles. The molecule has 0 aliphatic carbocycles. The maximum atomic E-state index is 8.97. The van der Waals surface area contributed by atoms with Crippen LogP contribution in [0, 0.1) is 5.92 Å². The zero-order valence-corrected chi connectivity index (χ0v) is 11.6. The third-order valence-electron chi connectivity index (χ3n) is 3.04. The average molecular weight is 257 g/mol. The minimum Gasteiger partial charge on any atom is -0.395 e. The van der Waals surface area contributed by atoms with Gasteiger partial charge in [-0.05, 0) is 18.9 Å². The standard InChI is InChI=1S/C12H27N5O/c1-11(2)10-14-12(15-13)17-5-3-4-16(6-7-17)8-9-18/h11,18H,3-10,13H2,1-2H3,(H,14,15). The van der Waals surface area contributed by atoms with Crippen molar-refractivity contribution in [3.05, 3.63) is 0 Å². The van der Waals surface area contributed by atoms with E-state index in [1.807, 2.05) is 0 Å². The van der Waals surface area contributed by atoms with Crippen molar-refractivity contribution in [2.45, 2.75) is 20.3 Å². The second-order valence-electron chi connectivity index (χ2n) is 5.11. The number of hydrazine groups is 1. The Morgan fingerprint density at radius 2 is 2.11 bits per heavy atom. The summed E-state index contributed by atoms with van der Waals surface area (Å²) < 4.78 is 0. The lowest BCUT2D eigenvalue weighted by atomic mass is 10.2. The Bertz CT molecular complexity index is 257. The summed E-state index contributed by atoms with van der Waals surface area (Å²) in [6.45, 7) is 9.89. The van der Waals surface area contributed by atoms with Gasteiger partial charge in [-0.2, -0.15) is 0 Å². The van der Waals surface area contributed by atoms with E-state index in [-0.39, 0.29) is 6.61 Å². The molecule has 6 heteroatoms. The fourth-order valence-electron chi connectivity index (χ4n) is 2.05. The van der Waals surface area contributed by atoms with Gasteiger partial charge < -0.3 is 10.0 Å². The summed E-state index contributed by atoms with van der Waals surface area (Å²) in [6.07, 6.45) is 1.07. The van der Waals surface area contributed by atoms with Gasteiger partial charge in [0.25, 0.3) is 0 Å². The quantitative estimate of drug-likeness (QED) is 0.273. The highest BCUT2D eigenvalue weighted by Gasteiger charge is 2.16. The Hall–Kier alpha value is -0.850. The molecule has 0 aromatic heterocycles. The average Bonchev–Trinajstić information content (AvgIpc) is 2.56. The Labute approximate surface area is 110 Å². The van der Waals surface area contributed by atoms with Gasteiger partial charge in [0.05, 0.1) is 6.61 Å². The molecule has 1 rings (SSSR count). The Balaban J connectivity index is 2.51. The topological polar surface area (TPSA) is 77.1 Å². The highest BCUT2D eigenvalue weighted by molar-refractivity contribution is 5.79. The molecule has 0 amide bonds. The fourth-order valence-corrected chi connectivity index (χ4v) is 2.05. The van der Waals surface area contributed by atoms with Gasteiger partial charge in [0.2, 0.25) is 5.96 Å². The molecule has 0 spiro atoms. The first-order valence-electron chi connectivity index (χ1n) is 6.76. The molecular weight excluding hydrogens is 230 g/mol. The van der Waals surface area contributed by atoms with Crippen LogP contribution in [0.2, 0.25) is 0 Å². The first-order valence-corrected chi connectivity index (χ1v) is 6.76. The Morgan fingerprint density at radius 3 is 2.72 bits per heavy atom.